The van der Waals surface area contributed by atoms with Crippen LogP contribution in [-0.4, -0.2) is 19.0 Å². The van der Waals surface area contributed by atoms with Gasteiger partial charge in [0, 0.05) is 12.5 Å². The van der Waals surface area contributed by atoms with Gasteiger partial charge in [-0.1, -0.05) is 29.8 Å². The Hall–Kier alpha value is -0.960. The van der Waals surface area contributed by atoms with Crippen LogP contribution in [0.2, 0.25) is 0 Å². The molecule has 2 rings (SSSR count). The maximum absolute atomic E-state index is 13.3. The summed E-state index contributed by atoms with van der Waals surface area (Å²) in [4.78, 5) is 0. The highest BCUT2D eigenvalue weighted by atomic mass is 19.3. The van der Waals surface area contributed by atoms with Crippen molar-refractivity contribution in [3.8, 4) is 0 Å². The van der Waals surface area contributed by atoms with E-state index in [9.17, 15) is 8.78 Å². The quantitative estimate of drug-likeness (QED) is 0.792. The third-order valence-electron chi connectivity index (χ3n) is 2.95. The summed E-state index contributed by atoms with van der Waals surface area (Å²) < 4.78 is 26.6. The Labute approximate surface area is 88.5 Å². The normalized spacial score (nSPS) is 24.3. The van der Waals surface area contributed by atoms with Gasteiger partial charge in [-0.05, 0) is 18.9 Å². The van der Waals surface area contributed by atoms with Crippen LogP contribution in [-0.2, 0) is 6.42 Å². The SMILES string of the molecule is Cc1ccc(CC2CNCC2(F)F)cc1. The molecule has 1 atom stereocenters. The molecule has 15 heavy (non-hydrogen) atoms. The predicted molar refractivity (Wildman–Crippen MR) is 56.2 cm³/mol. The summed E-state index contributed by atoms with van der Waals surface area (Å²) in [6.07, 6.45) is 0.459. The topological polar surface area (TPSA) is 12.0 Å². The Bertz CT molecular complexity index is 332. The largest absolute Gasteiger partial charge is 0.311 e. The molecule has 1 N–H and O–H groups in total. The Morgan fingerprint density at radius 2 is 2.00 bits per heavy atom. The van der Waals surface area contributed by atoms with Crippen molar-refractivity contribution < 1.29 is 8.78 Å². The number of aryl methyl sites for hydroxylation is 1. The van der Waals surface area contributed by atoms with E-state index in [-0.39, 0.29) is 6.54 Å². The molecule has 3 heteroatoms. The van der Waals surface area contributed by atoms with Crippen molar-refractivity contribution >= 4 is 0 Å². The van der Waals surface area contributed by atoms with Gasteiger partial charge in [0.15, 0.2) is 0 Å². The second-order valence-corrected chi connectivity index (χ2v) is 4.28. The zero-order valence-electron chi connectivity index (χ0n) is 8.76. The minimum atomic E-state index is -2.55. The molecular weight excluding hydrogens is 196 g/mol. The zero-order chi connectivity index (χ0) is 10.9. The van der Waals surface area contributed by atoms with E-state index in [0.717, 1.165) is 11.1 Å². The van der Waals surface area contributed by atoms with E-state index in [1.807, 2.05) is 31.2 Å². The standard InChI is InChI=1S/C12H15F2N/c1-9-2-4-10(5-3-9)6-11-7-15-8-12(11,13)14/h2-5,11,15H,6-8H2,1H3. The summed E-state index contributed by atoms with van der Waals surface area (Å²) in [5.74, 6) is -3.11. The molecule has 1 fully saturated rings. The molecule has 1 saturated heterocycles. The van der Waals surface area contributed by atoms with Crippen LogP contribution in [0.25, 0.3) is 0 Å². The molecule has 1 heterocycles. The molecule has 1 unspecified atom stereocenters. The van der Waals surface area contributed by atoms with E-state index in [2.05, 4.69) is 5.32 Å². The molecule has 1 aliphatic heterocycles. The minimum absolute atomic E-state index is 0.177. The molecule has 0 aliphatic carbocycles. The molecule has 0 aromatic heterocycles. The van der Waals surface area contributed by atoms with Gasteiger partial charge in [0.1, 0.15) is 0 Å². The molecule has 0 saturated carbocycles. The average molecular weight is 211 g/mol. The lowest BCUT2D eigenvalue weighted by atomic mass is 9.95. The molecular formula is C12H15F2N. The first-order chi connectivity index (χ1) is 7.08. The van der Waals surface area contributed by atoms with Crippen molar-refractivity contribution in [1.29, 1.82) is 0 Å². The first kappa shape index (κ1) is 10.6. The summed E-state index contributed by atoms with van der Waals surface area (Å²) in [6, 6.07) is 7.80. The van der Waals surface area contributed by atoms with E-state index in [4.69, 9.17) is 0 Å². The third kappa shape index (κ3) is 2.34. The van der Waals surface area contributed by atoms with Crippen LogP contribution in [0.15, 0.2) is 24.3 Å². The Balaban J connectivity index is 2.06. The molecule has 0 bridgehead atoms. The van der Waals surface area contributed by atoms with Gasteiger partial charge >= 0.3 is 0 Å². The van der Waals surface area contributed by atoms with Crippen LogP contribution in [0, 0.1) is 12.8 Å². The predicted octanol–water partition coefficient (Wildman–Crippen LogP) is 2.39. The van der Waals surface area contributed by atoms with Gasteiger partial charge in [0.25, 0.3) is 5.92 Å². The zero-order valence-corrected chi connectivity index (χ0v) is 8.76. The Kier molecular flexibility index (Phi) is 2.74. The second-order valence-electron chi connectivity index (χ2n) is 4.28. The first-order valence-corrected chi connectivity index (χ1v) is 5.22. The second kappa shape index (κ2) is 3.89. The van der Waals surface area contributed by atoms with E-state index >= 15 is 0 Å². The summed E-state index contributed by atoms with van der Waals surface area (Å²) in [6.45, 7) is 2.24. The van der Waals surface area contributed by atoms with E-state index in [0.29, 0.717) is 13.0 Å². The van der Waals surface area contributed by atoms with Crippen molar-refractivity contribution in [3.63, 3.8) is 0 Å². The van der Waals surface area contributed by atoms with Gasteiger partial charge in [-0.3, -0.25) is 0 Å². The smallest absolute Gasteiger partial charge is 0.264 e. The molecule has 1 nitrogen and oxygen atoms in total. The van der Waals surface area contributed by atoms with Gasteiger partial charge in [-0.25, -0.2) is 8.78 Å². The van der Waals surface area contributed by atoms with Crippen molar-refractivity contribution in [1.82, 2.24) is 5.32 Å². The molecule has 1 aliphatic rings. The van der Waals surface area contributed by atoms with E-state index in [1.165, 1.54) is 0 Å². The summed E-state index contributed by atoms with van der Waals surface area (Å²) in [5, 5.41) is 2.74. The Morgan fingerprint density at radius 1 is 1.33 bits per heavy atom. The number of rotatable bonds is 2. The maximum atomic E-state index is 13.3. The highest BCUT2D eigenvalue weighted by molar-refractivity contribution is 5.22. The fourth-order valence-corrected chi connectivity index (χ4v) is 1.94. The minimum Gasteiger partial charge on any atom is -0.311 e. The fourth-order valence-electron chi connectivity index (χ4n) is 1.94. The first-order valence-electron chi connectivity index (χ1n) is 5.22. The monoisotopic (exact) mass is 211 g/mol. The van der Waals surface area contributed by atoms with E-state index < -0.39 is 11.8 Å². The molecule has 0 amide bonds. The number of nitrogens with one attached hydrogen (secondary N) is 1. The Morgan fingerprint density at radius 3 is 2.53 bits per heavy atom. The van der Waals surface area contributed by atoms with Crippen molar-refractivity contribution in [2.45, 2.75) is 19.3 Å². The number of hydrogen-bond donors (Lipinski definition) is 1. The summed E-state index contributed by atoms with van der Waals surface area (Å²) in [7, 11) is 0. The van der Waals surface area contributed by atoms with Crippen LogP contribution >= 0.6 is 0 Å². The molecule has 0 spiro atoms. The van der Waals surface area contributed by atoms with Gasteiger partial charge < -0.3 is 5.32 Å². The lowest BCUT2D eigenvalue weighted by molar-refractivity contribution is -0.0212. The lowest BCUT2D eigenvalue weighted by Gasteiger charge is -2.17. The van der Waals surface area contributed by atoms with Gasteiger partial charge in [-0.2, -0.15) is 0 Å². The highest BCUT2D eigenvalue weighted by Crippen LogP contribution is 2.30. The van der Waals surface area contributed by atoms with E-state index in [1.54, 1.807) is 0 Å². The molecule has 82 valence electrons. The molecule has 1 aromatic rings. The third-order valence-corrected chi connectivity index (χ3v) is 2.95. The van der Waals surface area contributed by atoms with Crippen LogP contribution in [0.1, 0.15) is 11.1 Å². The van der Waals surface area contributed by atoms with Crippen molar-refractivity contribution in [2.75, 3.05) is 13.1 Å². The van der Waals surface area contributed by atoms with Crippen molar-refractivity contribution in [2.24, 2.45) is 5.92 Å². The van der Waals surface area contributed by atoms with Crippen LogP contribution in [0.5, 0.6) is 0 Å². The number of alkyl halides is 2. The number of benzene rings is 1. The van der Waals surface area contributed by atoms with Gasteiger partial charge in [0.2, 0.25) is 0 Å². The number of halogens is 2. The van der Waals surface area contributed by atoms with Crippen LogP contribution < -0.4 is 5.32 Å². The highest BCUT2D eigenvalue weighted by Gasteiger charge is 2.43. The van der Waals surface area contributed by atoms with Crippen LogP contribution in [0.3, 0.4) is 0 Å². The average Bonchev–Trinajstić information content (AvgIpc) is 2.50. The summed E-state index contributed by atoms with van der Waals surface area (Å²) >= 11 is 0. The maximum Gasteiger partial charge on any atom is 0.264 e. The summed E-state index contributed by atoms with van der Waals surface area (Å²) in [5.41, 5.74) is 2.16. The van der Waals surface area contributed by atoms with Crippen LogP contribution in [0.4, 0.5) is 8.78 Å². The van der Waals surface area contributed by atoms with Gasteiger partial charge in [-0.15, -0.1) is 0 Å². The fraction of sp³-hybridized carbons (Fsp3) is 0.500. The molecule has 0 radical (unpaired) electrons. The lowest BCUT2D eigenvalue weighted by Crippen LogP contribution is -2.28. The number of hydrogen-bond acceptors (Lipinski definition) is 1. The molecule has 1 aromatic carbocycles. The van der Waals surface area contributed by atoms with Gasteiger partial charge in [0.05, 0.1) is 6.54 Å². The van der Waals surface area contributed by atoms with Crippen molar-refractivity contribution in [3.05, 3.63) is 35.4 Å².